The second-order valence-corrected chi connectivity index (χ2v) is 8.61. The molecule has 1 aromatic heterocycles. The summed E-state index contributed by atoms with van der Waals surface area (Å²) in [6.45, 7) is 4.09. The van der Waals surface area contributed by atoms with Gasteiger partial charge in [-0.1, -0.05) is 71.4 Å². The van der Waals surface area contributed by atoms with Gasteiger partial charge in [-0.2, -0.15) is 5.10 Å². The largest absolute Gasteiger partial charge is 0.496 e. The summed E-state index contributed by atoms with van der Waals surface area (Å²) in [6, 6.07) is 23.7. The normalized spacial score (nSPS) is 11.0. The summed E-state index contributed by atoms with van der Waals surface area (Å²) < 4.78 is 7.26. The van der Waals surface area contributed by atoms with Crippen molar-refractivity contribution >= 4 is 23.9 Å². The Labute approximate surface area is 202 Å². The van der Waals surface area contributed by atoms with E-state index in [0.29, 0.717) is 10.9 Å². The highest BCUT2D eigenvalue weighted by atomic mass is 32.2. The molecule has 0 saturated carbocycles. The van der Waals surface area contributed by atoms with Gasteiger partial charge in [0.25, 0.3) is 5.91 Å². The molecule has 0 bridgehead atoms. The maximum atomic E-state index is 12.4. The van der Waals surface area contributed by atoms with Gasteiger partial charge in [-0.15, -0.1) is 10.2 Å². The molecular weight excluding hydrogens is 446 g/mol. The van der Waals surface area contributed by atoms with Gasteiger partial charge in [0.05, 0.1) is 19.1 Å². The summed E-state index contributed by atoms with van der Waals surface area (Å²) in [7, 11) is 1.59. The molecule has 1 amide bonds. The summed E-state index contributed by atoms with van der Waals surface area (Å²) >= 11 is 1.31. The van der Waals surface area contributed by atoms with Crippen LogP contribution < -0.4 is 10.2 Å². The van der Waals surface area contributed by atoms with Crippen LogP contribution in [0.5, 0.6) is 5.75 Å². The zero-order chi connectivity index (χ0) is 23.9. The molecule has 0 radical (unpaired) electrons. The van der Waals surface area contributed by atoms with E-state index < -0.39 is 0 Å². The highest BCUT2D eigenvalue weighted by Crippen LogP contribution is 2.28. The molecule has 1 heterocycles. The van der Waals surface area contributed by atoms with Gasteiger partial charge >= 0.3 is 0 Å². The Hall–Kier alpha value is -3.91. The molecule has 0 unspecified atom stereocenters. The molecule has 0 spiro atoms. The van der Waals surface area contributed by atoms with Crippen LogP contribution in [0, 0.1) is 13.8 Å². The van der Waals surface area contributed by atoms with Gasteiger partial charge in [0.1, 0.15) is 5.75 Å². The summed E-state index contributed by atoms with van der Waals surface area (Å²) in [5.41, 5.74) is 7.56. The van der Waals surface area contributed by atoms with Gasteiger partial charge in [-0.3, -0.25) is 9.36 Å². The van der Waals surface area contributed by atoms with Crippen LogP contribution in [-0.2, 0) is 4.79 Å². The SMILES string of the molecule is COc1ccccc1C=NNC(=O)CSc1nnc(-c2ccc(C)cc2)n1-c1ccc(C)cc1. The second-order valence-electron chi connectivity index (χ2n) is 7.67. The Morgan fingerprint density at radius 1 is 1.00 bits per heavy atom. The van der Waals surface area contributed by atoms with E-state index in [2.05, 4.69) is 20.7 Å². The second kappa shape index (κ2) is 10.8. The average molecular weight is 472 g/mol. The lowest BCUT2D eigenvalue weighted by Gasteiger charge is -2.11. The van der Waals surface area contributed by atoms with Gasteiger partial charge < -0.3 is 4.74 Å². The van der Waals surface area contributed by atoms with E-state index >= 15 is 0 Å². The monoisotopic (exact) mass is 471 g/mol. The van der Waals surface area contributed by atoms with E-state index in [1.165, 1.54) is 17.3 Å². The number of hydrogen-bond donors (Lipinski definition) is 1. The minimum absolute atomic E-state index is 0.140. The zero-order valence-corrected chi connectivity index (χ0v) is 20.0. The topological polar surface area (TPSA) is 81.4 Å². The molecule has 0 saturated heterocycles. The van der Waals surface area contributed by atoms with Crippen LogP contribution in [0.2, 0.25) is 0 Å². The van der Waals surface area contributed by atoms with Crippen molar-refractivity contribution in [1.82, 2.24) is 20.2 Å². The number of aryl methyl sites for hydroxylation is 2. The standard InChI is InChI=1S/C26H25N5O2S/c1-18-8-12-20(13-9-18)25-29-30-26(31(25)22-14-10-19(2)11-15-22)34-17-24(32)28-27-16-21-6-4-5-7-23(21)33-3/h4-16H,17H2,1-3H3,(H,28,32). The molecule has 0 fully saturated rings. The maximum Gasteiger partial charge on any atom is 0.250 e. The number of amides is 1. The first kappa shape index (κ1) is 23.3. The molecular formula is C26H25N5O2S. The van der Waals surface area contributed by atoms with Crippen molar-refractivity contribution in [3.8, 4) is 22.8 Å². The van der Waals surface area contributed by atoms with E-state index in [0.717, 1.165) is 28.2 Å². The predicted octanol–water partition coefficient (Wildman–Crippen LogP) is 4.80. The van der Waals surface area contributed by atoms with Crippen LogP contribution in [0.4, 0.5) is 0 Å². The van der Waals surface area contributed by atoms with Crippen molar-refractivity contribution in [2.24, 2.45) is 5.10 Å². The first-order valence-electron chi connectivity index (χ1n) is 10.7. The third-order valence-electron chi connectivity index (χ3n) is 5.10. The van der Waals surface area contributed by atoms with Crippen molar-refractivity contribution in [3.05, 3.63) is 89.5 Å². The van der Waals surface area contributed by atoms with Gasteiger partial charge in [-0.05, 0) is 38.1 Å². The summed E-state index contributed by atoms with van der Waals surface area (Å²) in [5, 5.41) is 13.5. The highest BCUT2D eigenvalue weighted by molar-refractivity contribution is 7.99. The fourth-order valence-corrected chi connectivity index (χ4v) is 4.03. The van der Waals surface area contributed by atoms with E-state index in [9.17, 15) is 4.79 Å². The number of hydrazone groups is 1. The first-order valence-corrected chi connectivity index (χ1v) is 11.7. The molecule has 8 heteroatoms. The van der Waals surface area contributed by atoms with Crippen LogP contribution in [0.25, 0.3) is 17.1 Å². The Morgan fingerprint density at radius 3 is 2.38 bits per heavy atom. The number of carbonyl (C=O) groups excluding carboxylic acids is 1. The van der Waals surface area contributed by atoms with Gasteiger partial charge in [0, 0.05) is 16.8 Å². The Bertz CT molecular complexity index is 1300. The summed E-state index contributed by atoms with van der Waals surface area (Å²) in [5.74, 6) is 1.30. The summed E-state index contributed by atoms with van der Waals surface area (Å²) in [6.07, 6.45) is 1.56. The molecule has 0 aliphatic rings. The molecule has 1 N–H and O–H groups in total. The number of benzene rings is 3. The number of para-hydroxylation sites is 1. The van der Waals surface area contributed by atoms with Crippen LogP contribution in [0.3, 0.4) is 0 Å². The minimum Gasteiger partial charge on any atom is -0.496 e. The van der Waals surface area contributed by atoms with Gasteiger partial charge in [0.2, 0.25) is 0 Å². The van der Waals surface area contributed by atoms with Crippen LogP contribution >= 0.6 is 11.8 Å². The Kier molecular flexibility index (Phi) is 7.39. The lowest BCUT2D eigenvalue weighted by atomic mass is 10.1. The summed E-state index contributed by atoms with van der Waals surface area (Å²) in [4.78, 5) is 12.4. The Morgan fingerprint density at radius 2 is 1.68 bits per heavy atom. The first-order chi connectivity index (χ1) is 16.5. The third kappa shape index (κ3) is 5.52. The van der Waals surface area contributed by atoms with Crippen LogP contribution in [0.1, 0.15) is 16.7 Å². The van der Waals surface area contributed by atoms with Gasteiger partial charge in [-0.25, -0.2) is 5.43 Å². The smallest absolute Gasteiger partial charge is 0.250 e. The van der Waals surface area contributed by atoms with Crippen molar-refractivity contribution in [3.63, 3.8) is 0 Å². The number of methoxy groups -OCH3 is 1. The lowest BCUT2D eigenvalue weighted by molar-refractivity contribution is -0.118. The lowest BCUT2D eigenvalue weighted by Crippen LogP contribution is -2.20. The van der Waals surface area contributed by atoms with E-state index in [4.69, 9.17) is 4.74 Å². The zero-order valence-electron chi connectivity index (χ0n) is 19.2. The van der Waals surface area contributed by atoms with Crippen LogP contribution in [0.15, 0.2) is 83.1 Å². The quantitative estimate of drug-likeness (QED) is 0.227. The van der Waals surface area contributed by atoms with Gasteiger partial charge in [0.15, 0.2) is 11.0 Å². The molecule has 0 aliphatic heterocycles. The van der Waals surface area contributed by atoms with Crippen molar-refractivity contribution < 1.29 is 9.53 Å². The Balaban J connectivity index is 1.51. The van der Waals surface area contributed by atoms with Crippen molar-refractivity contribution in [2.45, 2.75) is 19.0 Å². The number of nitrogens with zero attached hydrogens (tertiary/aromatic N) is 4. The molecule has 7 nitrogen and oxygen atoms in total. The minimum atomic E-state index is -0.244. The molecule has 4 rings (SSSR count). The van der Waals surface area contributed by atoms with E-state index in [1.54, 1.807) is 13.3 Å². The highest BCUT2D eigenvalue weighted by Gasteiger charge is 2.17. The number of thioether (sulfide) groups is 1. The number of nitrogens with one attached hydrogen (secondary N) is 1. The molecule has 172 valence electrons. The maximum absolute atomic E-state index is 12.4. The number of ether oxygens (including phenoxy) is 1. The van der Waals surface area contributed by atoms with Crippen LogP contribution in [-0.4, -0.2) is 39.7 Å². The van der Waals surface area contributed by atoms with Crippen molar-refractivity contribution in [2.75, 3.05) is 12.9 Å². The number of aromatic nitrogens is 3. The fourth-order valence-electron chi connectivity index (χ4n) is 3.29. The number of rotatable bonds is 8. The molecule has 0 aliphatic carbocycles. The average Bonchev–Trinajstić information content (AvgIpc) is 3.28. The fraction of sp³-hybridized carbons (Fsp3) is 0.154. The number of carbonyl (C=O) groups is 1. The predicted molar refractivity (Wildman–Crippen MR) is 136 cm³/mol. The van der Waals surface area contributed by atoms with E-state index in [1.807, 2.05) is 91.2 Å². The molecule has 3 aromatic carbocycles. The third-order valence-corrected chi connectivity index (χ3v) is 6.03. The van der Waals surface area contributed by atoms with E-state index in [-0.39, 0.29) is 11.7 Å². The molecule has 0 atom stereocenters. The van der Waals surface area contributed by atoms with Crippen molar-refractivity contribution in [1.29, 1.82) is 0 Å². The molecule has 34 heavy (non-hydrogen) atoms. The molecule has 4 aromatic rings. The number of hydrogen-bond acceptors (Lipinski definition) is 6.